The van der Waals surface area contributed by atoms with E-state index in [0.717, 1.165) is 51.6 Å². The SMILES string of the molecule is Cn1c(-c2cn(C3CC3)nc2C(F)(F)F)cnc1C(=O)Nc1ccc(C(=O)NCCCCCCNC(=O)NCC2CNC2)c(Cl)c1.O=CO. The van der Waals surface area contributed by atoms with E-state index in [9.17, 15) is 27.6 Å². The predicted molar refractivity (Wildman–Crippen MR) is 174 cm³/mol. The van der Waals surface area contributed by atoms with Gasteiger partial charge in [-0.2, -0.15) is 18.3 Å². The third-order valence-corrected chi connectivity index (χ3v) is 8.26. The van der Waals surface area contributed by atoms with Gasteiger partial charge in [-0.1, -0.05) is 24.4 Å². The van der Waals surface area contributed by atoms with E-state index in [2.05, 4.69) is 36.7 Å². The van der Waals surface area contributed by atoms with Gasteiger partial charge >= 0.3 is 12.2 Å². The molecular formula is C31H39ClF3N9O5. The molecule has 0 unspecified atom stereocenters. The van der Waals surface area contributed by atoms with Crippen LogP contribution < -0.4 is 26.6 Å². The second-order valence-corrected chi connectivity index (χ2v) is 12.1. The number of benzene rings is 1. The maximum absolute atomic E-state index is 13.7. The zero-order valence-corrected chi connectivity index (χ0v) is 27.5. The molecule has 49 heavy (non-hydrogen) atoms. The summed E-state index contributed by atoms with van der Waals surface area (Å²) in [6.07, 6.45) is 2.80. The van der Waals surface area contributed by atoms with Crippen molar-refractivity contribution in [2.45, 2.75) is 50.7 Å². The average molecular weight is 710 g/mol. The zero-order valence-electron chi connectivity index (χ0n) is 26.8. The molecule has 2 fully saturated rings. The largest absolute Gasteiger partial charge is 0.483 e. The summed E-state index contributed by atoms with van der Waals surface area (Å²) in [5, 5.41) is 25.1. The summed E-state index contributed by atoms with van der Waals surface area (Å²) < 4.78 is 43.8. The number of carboxylic acid groups (broad SMARTS) is 1. The maximum Gasteiger partial charge on any atom is 0.435 e. The molecule has 1 aliphatic carbocycles. The minimum Gasteiger partial charge on any atom is -0.483 e. The van der Waals surface area contributed by atoms with Gasteiger partial charge < -0.3 is 36.3 Å². The van der Waals surface area contributed by atoms with Gasteiger partial charge in [0.1, 0.15) is 0 Å². The molecule has 3 aromatic rings. The molecule has 5 rings (SSSR count). The molecule has 1 aromatic carbocycles. The number of hydrogen-bond acceptors (Lipinski definition) is 7. The molecular weight excluding hydrogens is 671 g/mol. The quantitative estimate of drug-likeness (QED) is 0.107. The molecule has 1 saturated heterocycles. The molecule has 4 amide bonds. The van der Waals surface area contributed by atoms with Crippen LogP contribution in [0.25, 0.3) is 11.3 Å². The Morgan fingerprint density at radius 3 is 2.33 bits per heavy atom. The van der Waals surface area contributed by atoms with E-state index in [1.807, 2.05) is 0 Å². The Balaban J connectivity index is 0.00000174. The predicted octanol–water partition coefficient (Wildman–Crippen LogP) is 4.05. The third-order valence-electron chi connectivity index (χ3n) is 7.95. The number of unbranched alkanes of at least 4 members (excludes halogenated alkanes) is 3. The van der Waals surface area contributed by atoms with Crippen molar-refractivity contribution in [3.05, 3.63) is 52.7 Å². The van der Waals surface area contributed by atoms with Crippen LogP contribution >= 0.6 is 11.6 Å². The van der Waals surface area contributed by atoms with Crippen LogP contribution in [0.3, 0.4) is 0 Å². The molecule has 14 nitrogen and oxygen atoms in total. The van der Waals surface area contributed by atoms with Crippen molar-refractivity contribution in [2.75, 3.05) is 38.0 Å². The number of hydrogen-bond donors (Lipinski definition) is 6. The van der Waals surface area contributed by atoms with Gasteiger partial charge in [0, 0.05) is 57.6 Å². The number of imidazole rings is 1. The Hall–Kier alpha value is -4.64. The summed E-state index contributed by atoms with van der Waals surface area (Å²) in [4.78, 5) is 49.8. The number of halogens is 4. The molecule has 0 spiro atoms. The van der Waals surface area contributed by atoms with Crippen LogP contribution in [0.2, 0.25) is 5.02 Å². The fourth-order valence-corrected chi connectivity index (χ4v) is 5.31. The Bertz CT molecular complexity index is 1620. The number of urea groups is 1. The van der Waals surface area contributed by atoms with Crippen LogP contribution in [-0.2, 0) is 18.0 Å². The van der Waals surface area contributed by atoms with Gasteiger partial charge in [-0.3, -0.25) is 19.1 Å². The van der Waals surface area contributed by atoms with Crippen molar-refractivity contribution >= 4 is 41.6 Å². The molecule has 3 heterocycles. The van der Waals surface area contributed by atoms with E-state index in [1.165, 1.54) is 46.9 Å². The lowest BCUT2D eigenvalue weighted by Crippen LogP contribution is -2.49. The monoisotopic (exact) mass is 709 g/mol. The van der Waals surface area contributed by atoms with Crippen molar-refractivity contribution in [1.82, 2.24) is 40.6 Å². The Morgan fingerprint density at radius 1 is 1.06 bits per heavy atom. The molecule has 1 aliphatic heterocycles. The van der Waals surface area contributed by atoms with Crippen molar-refractivity contribution in [3.8, 4) is 11.3 Å². The fraction of sp³-hybridized carbons (Fsp3) is 0.484. The Kier molecular flexibility index (Phi) is 13.0. The molecule has 18 heteroatoms. The summed E-state index contributed by atoms with van der Waals surface area (Å²) in [6, 6.07) is 4.21. The van der Waals surface area contributed by atoms with E-state index >= 15 is 0 Å². The highest BCUT2D eigenvalue weighted by Crippen LogP contribution is 2.41. The molecule has 0 bridgehead atoms. The van der Waals surface area contributed by atoms with Gasteiger partial charge in [0.15, 0.2) is 11.5 Å². The number of alkyl halides is 3. The van der Waals surface area contributed by atoms with E-state index < -0.39 is 17.8 Å². The van der Waals surface area contributed by atoms with Crippen LogP contribution in [0.5, 0.6) is 0 Å². The topological polar surface area (TPSA) is 184 Å². The van der Waals surface area contributed by atoms with Gasteiger partial charge in [0.2, 0.25) is 0 Å². The number of carbonyl (C=O) groups excluding carboxylic acids is 3. The van der Waals surface area contributed by atoms with Gasteiger partial charge in [-0.15, -0.1) is 0 Å². The number of amides is 4. The van der Waals surface area contributed by atoms with Crippen LogP contribution in [0, 0.1) is 5.92 Å². The number of rotatable bonds is 14. The standard InChI is InChI=1S/C30H37ClF3N9O3.CH2O2/c1-42-24(22-17-43(20-7-8-20)41-25(22)30(32,33)34)16-38-26(42)28(45)40-19-6-9-21(23(31)12-19)27(44)36-10-4-2-3-5-11-37-29(46)39-15-18-13-35-14-18;2-1-3/h6,9,12,16-18,20,35H,2-5,7-8,10-11,13-15H2,1H3,(H,36,44)(H,40,45)(H2,37,39,46);1H,(H,2,3). The van der Waals surface area contributed by atoms with Crippen molar-refractivity contribution in [3.63, 3.8) is 0 Å². The third kappa shape index (κ3) is 10.4. The first kappa shape index (κ1) is 37.2. The van der Waals surface area contributed by atoms with Crippen LogP contribution in [0.4, 0.5) is 23.7 Å². The van der Waals surface area contributed by atoms with Crippen molar-refractivity contribution in [1.29, 1.82) is 0 Å². The second kappa shape index (κ2) is 17.1. The molecule has 0 radical (unpaired) electrons. The highest BCUT2D eigenvalue weighted by molar-refractivity contribution is 6.34. The van der Waals surface area contributed by atoms with Crippen molar-refractivity contribution < 1.29 is 37.5 Å². The van der Waals surface area contributed by atoms with Crippen molar-refractivity contribution in [2.24, 2.45) is 13.0 Å². The second-order valence-electron chi connectivity index (χ2n) is 11.7. The minimum atomic E-state index is -4.67. The summed E-state index contributed by atoms with van der Waals surface area (Å²) in [7, 11) is 1.46. The Labute approximate surface area is 285 Å². The zero-order chi connectivity index (χ0) is 35.6. The van der Waals surface area contributed by atoms with Gasteiger partial charge in [0.25, 0.3) is 18.3 Å². The highest BCUT2D eigenvalue weighted by Gasteiger charge is 2.40. The van der Waals surface area contributed by atoms with Crippen LogP contribution in [-0.4, -0.2) is 81.5 Å². The fourth-order valence-electron chi connectivity index (χ4n) is 5.04. The molecule has 266 valence electrons. The lowest BCUT2D eigenvalue weighted by molar-refractivity contribution is -0.141. The maximum atomic E-state index is 13.7. The van der Waals surface area contributed by atoms with Gasteiger partial charge in [0.05, 0.1) is 34.1 Å². The average Bonchev–Trinajstić information content (AvgIpc) is 3.65. The van der Waals surface area contributed by atoms with E-state index in [4.69, 9.17) is 21.5 Å². The highest BCUT2D eigenvalue weighted by atomic mass is 35.5. The van der Waals surface area contributed by atoms with E-state index in [1.54, 1.807) is 0 Å². The van der Waals surface area contributed by atoms with Gasteiger partial charge in [-0.25, -0.2) is 9.78 Å². The lowest BCUT2D eigenvalue weighted by atomic mass is 10.0. The first-order chi connectivity index (χ1) is 23.4. The van der Waals surface area contributed by atoms with Crippen LogP contribution in [0.1, 0.15) is 71.2 Å². The number of carbonyl (C=O) groups is 4. The summed E-state index contributed by atoms with van der Waals surface area (Å²) in [5.74, 6) is -0.615. The normalized spacial score (nSPS) is 14.2. The van der Waals surface area contributed by atoms with Gasteiger partial charge in [-0.05, 0) is 43.9 Å². The summed E-state index contributed by atoms with van der Waals surface area (Å²) in [6.45, 7) is 3.35. The van der Waals surface area contributed by atoms with Crippen LogP contribution in [0.15, 0.2) is 30.6 Å². The number of nitrogens with zero attached hydrogens (tertiary/aromatic N) is 4. The Morgan fingerprint density at radius 2 is 1.73 bits per heavy atom. The number of anilines is 1. The lowest BCUT2D eigenvalue weighted by Gasteiger charge is -2.27. The molecule has 2 aromatic heterocycles. The first-order valence-electron chi connectivity index (χ1n) is 15.8. The number of nitrogens with one attached hydrogen (secondary N) is 5. The first-order valence-corrected chi connectivity index (χ1v) is 16.2. The molecule has 6 N–H and O–H groups in total. The molecule has 0 atom stereocenters. The number of aromatic nitrogens is 4. The molecule has 1 saturated carbocycles. The van der Waals surface area contributed by atoms with E-state index in [0.29, 0.717) is 25.6 Å². The smallest absolute Gasteiger partial charge is 0.435 e. The van der Waals surface area contributed by atoms with E-state index in [-0.39, 0.29) is 57.8 Å². The molecule has 2 aliphatic rings. The summed E-state index contributed by atoms with van der Waals surface area (Å²) in [5.41, 5.74) is -0.553. The minimum absolute atomic E-state index is 0.0561. The summed E-state index contributed by atoms with van der Waals surface area (Å²) >= 11 is 6.34.